The molecule has 0 spiro atoms. The molecule has 5 nitrogen and oxygen atoms in total. The second kappa shape index (κ2) is 8.65. The molecule has 32 heavy (non-hydrogen) atoms. The van der Waals surface area contributed by atoms with Crippen molar-refractivity contribution in [1.82, 2.24) is 9.99 Å². The molecule has 1 amide bonds. The number of nitrogens with one attached hydrogen (secondary N) is 1. The Labute approximate surface area is 190 Å². The van der Waals surface area contributed by atoms with Gasteiger partial charge in [0.15, 0.2) is 0 Å². The number of carbonyl (C=O) groups is 1. The summed E-state index contributed by atoms with van der Waals surface area (Å²) in [5.74, 6) is 0.232. The lowest BCUT2D eigenvalue weighted by atomic mass is 9.79. The average molecular weight is 429 g/mol. The smallest absolute Gasteiger partial charge is 0.273 e. The second-order valence-electron chi connectivity index (χ2n) is 9.51. The summed E-state index contributed by atoms with van der Waals surface area (Å²) in [7, 11) is 0. The Hall–Kier alpha value is -3.34. The van der Waals surface area contributed by atoms with Gasteiger partial charge in [-0.25, -0.2) is 5.43 Å². The molecule has 0 unspecified atom stereocenters. The van der Waals surface area contributed by atoms with Crippen LogP contribution in [0.1, 0.15) is 68.4 Å². The van der Waals surface area contributed by atoms with Gasteiger partial charge >= 0.3 is 0 Å². The van der Waals surface area contributed by atoms with Crippen LogP contribution in [0.5, 0.6) is 0 Å². The summed E-state index contributed by atoms with van der Waals surface area (Å²) < 4.78 is 1.92. The third-order valence-electron chi connectivity index (χ3n) is 6.23. The molecule has 4 rings (SSSR count). The average Bonchev–Trinajstić information content (AvgIpc) is 3.28. The maximum Gasteiger partial charge on any atom is 0.273 e. The van der Waals surface area contributed by atoms with Crippen LogP contribution < -0.4 is 10.3 Å². The normalized spacial score (nSPS) is 17.6. The maximum atomic E-state index is 12.8. The summed E-state index contributed by atoms with van der Waals surface area (Å²) in [6.07, 6.45) is 6.67. The number of anilines is 1. The van der Waals surface area contributed by atoms with Gasteiger partial charge < -0.3 is 9.47 Å². The highest BCUT2D eigenvalue weighted by Gasteiger charge is 2.37. The first-order chi connectivity index (χ1) is 15.3. The van der Waals surface area contributed by atoms with Crippen LogP contribution in [0.15, 0.2) is 72.1 Å². The minimum atomic E-state index is -0.232. The second-order valence-corrected chi connectivity index (χ2v) is 9.51. The van der Waals surface area contributed by atoms with Crippen molar-refractivity contribution < 1.29 is 4.79 Å². The van der Waals surface area contributed by atoms with Crippen LogP contribution in [0, 0.1) is 0 Å². The van der Waals surface area contributed by atoms with Gasteiger partial charge in [-0.05, 0) is 87.6 Å². The standard InChI is InChI=1S/C27H32N4O/c1-19(2)31-25-13-12-21(16-23(25)20(3)17-27(31,4)5)18-28-29-26(32)22-10-6-7-11-24(22)30-14-8-9-15-30/h6-16,18-20H,17H2,1-5H3,(H,29,32)/b28-18-/t20-/m0/s1. The zero-order valence-electron chi connectivity index (χ0n) is 19.5. The van der Waals surface area contributed by atoms with Gasteiger partial charge in [-0.15, -0.1) is 0 Å². The molecule has 166 valence electrons. The number of aromatic nitrogens is 1. The molecular weight excluding hydrogens is 396 g/mol. The first kappa shape index (κ1) is 21.9. The first-order valence-electron chi connectivity index (χ1n) is 11.3. The number of hydrazone groups is 1. The van der Waals surface area contributed by atoms with E-state index in [1.54, 1.807) is 6.21 Å². The fourth-order valence-electron chi connectivity index (χ4n) is 5.14. The zero-order chi connectivity index (χ0) is 22.9. The van der Waals surface area contributed by atoms with Gasteiger partial charge in [0.2, 0.25) is 0 Å². The number of carbonyl (C=O) groups excluding carboxylic acids is 1. The van der Waals surface area contributed by atoms with E-state index in [4.69, 9.17) is 0 Å². The lowest BCUT2D eigenvalue weighted by Gasteiger charge is -2.50. The Morgan fingerprint density at radius 2 is 1.81 bits per heavy atom. The van der Waals surface area contributed by atoms with Gasteiger partial charge in [0.1, 0.15) is 0 Å². The molecule has 1 aliphatic heterocycles. The van der Waals surface area contributed by atoms with Crippen LogP contribution in [-0.2, 0) is 0 Å². The minimum Gasteiger partial charge on any atom is -0.364 e. The number of hydrogen-bond donors (Lipinski definition) is 1. The highest BCUT2D eigenvalue weighted by molar-refractivity contribution is 5.98. The number of para-hydroxylation sites is 1. The predicted octanol–water partition coefficient (Wildman–Crippen LogP) is 5.74. The van der Waals surface area contributed by atoms with Crippen LogP contribution >= 0.6 is 0 Å². The third-order valence-corrected chi connectivity index (χ3v) is 6.23. The van der Waals surface area contributed by atoms with Crippen LogP contribution in [0.3, 0.4) is 0 Å². The molecule has 2 aromatic carbocycles. The van der Waals surface area contributed by atoms with Crippen molar-refractivity contribution in [2.45, 2.75) is 58.5 Å². The Kier molecular flexibility index (Phi) is 5.92. The molecule has 0 aliphatic carbocycles. The highest BCUT2D eigenvalue weighted by atomic mass is 16.2. The predicted molar refractivity (Wildman–Crippen MR) is 132 cm³/mol. The fourth-order valence-corrected chi connectivity index (χ4v) is 5.14. The molecule has 3 aromatic rings. The molecule has 5 heteroatoms. The number of fused-ring (bicyclic) bond motifs is 1. The number of amides is 1. The molecular formula is C27H32N4O. The molecule has 1 aromatic heterocycles. The van der Waals surface area contributed by atoms with Crippen LogP contribution in [0.2, 0.25) is 0 Å². The Morgan fingerprint density at radius 1 is 1.09 bits per heavy atom. The van der Waals surface area contributed by atoms with E-state index in [1.807, 2.05) is 53.4 Å². The Bertz CT molecular complexity index is 1130. The van der Waals surface area contributed by atoms with Gasteiger partial charge in [-0.2, -0.15) is 5.10 Å². The molecule has 0 saturated carbocycles. The summed E-state index contributed by atoms with van der Waals surface area (Å²) in [5.41, 5.74) is 7.83. The van der Waals surface area contributed by atoms with Gasteiger partial charge in [0.25, 0.3) is 5.91 Å². The number of rotatable bonds is 5. The molecule has 0 saturated heterocycles. The zero-order valence-corrected chi connectivity index (χ0v) is 19.5. The van der Waals surface area contributed by atoms with E-state index in [0.29, 0.717) is 17.5 Å². The van der Waals surface area contributed by atoms with Crippen LogP contribution in [-0.4, -0.2) is 28.3 Å². The lowest BCUT2D eigenvalue weighted by molar-refractivity contribution is 0.0955. The SMILES string of the molecule is CC(C)N1c2ccc(/C=N\NC(=O)c3ccccc3-n3cccc3)cc2[C@@H](C)CC1(C)C. The summed E-state index contributed by atoms with van der Waals surface area (Å²) in [5, 5.41) is 4.25. The molecule has 0 fully saturated rings. The molecule has 0 bridgehead atoms. The van der Waals surface area contributed by atoms with Crippen molar-refractivity contribution in [3.8, 4) is 5.69 Å². The van der Waals surface area contributed by atoms with E-state index >= 15 is 0 Å². The van der Waals surface area contributed by atoms with Crippen molar-refractivity contribution in [1.29, 1.82) is 0 Å². The van der Waals surface area contributed by atoms with E-state index in [0.717, 1.165) is 17.7 Å². The Balaban J connectivity index is 1.54. The van der Waals surface area contributed by atoms with E-state index < -0.39 is 0 Å². The van der Waals surface area contributed by atoms with Gasteiger partial charge in [0, 0.05) is 29.7 Å². The third kappa shape index (κ3) is 4.20. The van der Waals surface area contributed by atoms with Gasteiger partial charge in [0.05, 0.1) is 17.5 Å². The molecule has 0 radical (unpaired) electrons. The molecule has 1 aliphatic rings. The lowest BCUT2D eigenvalue weighted by Crippen LogP contribution is -2.51. The molecule has 1 N–H and O–H groups in total. The highest BCUT2D eigenvalue weighted by Crippen LogP contribution is 2.44. The Morgan fingerprint density at radius 3 is 2.53 bits per heavy atom. The first-order valence-corrected chi connectivity index (χ1v) is 11.3. The van der Waals surface area contributed by atoms with E-state index in [9.17, 15) is 4.79 Å². The van der Waals surface area contributed by atoms with E-state index in [2.05, 4.69) is 68.2 Å². The summed E-state index contributed by atoms with van der Waals surface area (Å²) in [4.78, 5) is 15.3. The van der Waals surface area contributed by atoms with Gasteiger partial charge in [-0.1, -0.05) is 25.1 Å². The van der Waals surface area contributed by atoms with Crippen molar-refractivity contribution in [3.05, 3.63) is 83.7 Å². The molecule has 2 heterocycles. The number of hydrogen-bond acceptors (Lipinski definition) is 3. The minimum absolute atomic E-state index is 0.122. The topological polar surface area (TPSA) is 49.6 Å². The van der Waals surface area contributed by atoms with Crippen LogP contribution in [0.25, 0.3) is 5.69 Å². The van der Waals surface area contributed by atoms with E-state index in [-0.39, 0.29) is 11.4 Å². The monoisotopic (exact) mass is 428 g/mol. The van der Waals surface area contributed by atoms with Crippen molar-refractivity contribution >= 4 is 17.8 Å². The summed E-state index contributed by atoms with van der Waals surface area (Å²) in [6.45, 7) is 11.4. The maximum absolute atomic E-state index is 12.8. The molecule has 1 atom stereocenters. The van der Waals surface area contributed by atoms with Crippen molar-refractivity contribution in [2.75, 3.05) is 4.90 Å². The quantitative estimate of drug-likeness (QED) is 0.416. The summed E-state index contributed by atoms with van der Waals surface area (Å²) >= 11 is 0. The van der Waals surface area contributed by atoms with Gasteiger partial charge in [-0.3, -0.25) is 4.79 Å². The van der Waals surface area contributed by atoms with Crippen molar-refractivity contribution in [2.24, 2.45) is 5.10 Å². The van der Waals surface area contributed by atoms with Crippen molar-refractivity contribution in [3.63, 3.8) is 0 Å². The van der Waals surface area contributed by atoms with Crippen LogP contribution in [0.4, 0.5) is 5.69 Å². The number of nitrogens with zero attached hydrogens (tertiary/aromatic N) is 3. The number of benzene rings is 2. The largest absolute Gasteiger partial charge is 0.364 e. The van der Waals surface area contributed by atoms with E-state index in [1.165, 1.54) is 11.3 Å². The summed E-state index contributed by atoms with van der Waals surface area (Å²) in [6, 6.07) is 18.3. The fraction of sp³-hybridized carbons (Fsp3) is 0.333.